The second-order valence-corrected chi connectivity index (χ2v) is 10.6. The number of benzene rings is 2. The van der Waals surface area contributed by atoms with E-state index in [4.69, 9.17) is 12.2 Å². The number of nitrogens with zero attached hydrogens (tertiary/aromatic N) is 2. The van der Waals surface area contributed by atoms with Gasteiger partial charge in [0.25, 0.3) is 17.5 Å². The fourth-order valence-corrected chi connectivity index (χ4v) is 5.56. The Bertz CT molecular complexity index is 1290. The molecule has 2 aromatic carbocycles. The van der Waals surface area contributed by atoms with Gasteiger partial charge in [-0.25, -0.2) is 0 Å². The monoisotopic (exact) mass is 513 g/mol. The lowest BCUT2D eigenvalue weighted by Crippen LogP contribution is -2.44. The Morgan fingerprint density at radius 3 is 2.64 bits per heavy atom. The maximum absolute atomic E-state index is 12.8. The molecule has 166 valence electrons. The van der Waals surface area contributed by atoms with E-state index < -0.39 is 16.7 Å². The summed E-state index contributed by atoms with van der Waals surface area (Å²) in [5.41, 5.74) is 4.04. The maximum Gasteiger partial charge on any atom is 0.285 e. The molecule has 0 aliphatic carbocycles. The summed E-state index contributed by atoms with van der Waals surface area (Å²) < 4.78 is 0.178. The van der Waals surface area contributed by atoms with Gasteiger partial charge in [0.1, 0.15) is 0 Å². The van der Waals surface area contributed by atoms with Crippen LogP contribution in [-0.4, -0.2) is 26.1 Å². The number of thiocarbonyl (C=S) groups is 1. The van der Waals surface area contributed by atoms with Gasteiger partial charge in [0.2, 0.25) is 0 Å². The van der Waals surface area contributed by atoms with Crippen molar-refractivity contribution in [2.75, 3.05) is 0 Å². The predicted molar refractivity (Wildman–Crippen MR) is 135 cm³/mol. The van der Waals surface area contributed by atoms with Gasteiger partial charge in [0.15, 0.2) is 4.32 Å². The minimum atomic E-state index is -0.490. The van der Waals surface area contributed by atoms with Crippen molar-refractivity contribution in [3.63, 3.8) is 0 Å². The molecule has 2 heterocycles. The third-order valence-electron chi connectivity index (χ3n) is 4.48. The van der Waals surface area contributed by atoms with Crippen LogP contribution in [0.2, 0.25) is 0 Å². The fraction of sp³-hybridized carbons (Fsp3) is 0.0455. The highest BCUT2D eigenvalue weighted by Crippen LogP contribution is 2.37. The smallest absolute Gasteiger partial charge is 0.266 e. The summed E-state index contributed by atoms with van der Waals surface area (Å²) in [6.07, 6.45) is 1.53. The van der Waals surface area contributed by atoms with Crippen molar-refractivity contribution in [3.8, 4) is 0 Å². The largest absolute Gasteiger partial charge is 0.285 e. The molecule has 2 amide bonds. The minimum absolute atomic E-state index is 0.0594. The standard InChI is InChI=1S/C22H15N3O4S4/c1-13-4-7-15(8-5-13)32-17-9-6-14(11-16(17)25(28)29)12-19-21(27)24(22(30)33-19)23-20(26)18-3-2-10-31-18/h2-12H,1H3,(H,23,26). The zero-order valence-electron chi connectivity index (χ0n) is 17.0. The Morgan fingerprint density at radius 1 is 1.21 bits per heavy atom. The molecule has 0 radical (unpaired) electrons. The van der Waals surface area contributed by atoms with Crippen LogP contribution in [-0.2, 0) is 4.79 Å². The Balaban J connectivity index is 1.55. The third kappa shape index (κ3) is 5.33. The van der Waals surface area contributed by atoms with Crippen LogP contribution in [0.25, 0.3) is 6.08 Å². The lowest BCUT2D eigenvalue weighted by Gasteiger charge is -2.14. The van der Waals surface area contributed by atoms with Crippen LogP contribution in [0.15, 0.2) is 74.7 Å². The SMILES string of the molecule is Cc1ccc(Sc2ccc(C=C3SC(=S)N(NC(=O)c4cccs4)C3=O)cc2[N+](=O)[O-])cc1. The maximum atomic E-state index is 12.8. The minimum Gasteiger partial charge on any atom is -0.266 e. The summed E-state index contributed by atoms with van der Waals surface area (Å²) in [5, 5.41) is 14.5. The Labute approximate surface area is 207 Å². The second kappa shape index (κ2) is 9.87. The first-order valence-electron chi connectivity index (χ1n) is 9.47. The van der Waals surface area contributed by atoms with Crippen LogP contribution >= 0.6 is 47.1 Å². The van der Waals surface area contributed by atoms with E-state index in [1.165, 1.54) is 35.2 Å². The quantitative estimate of drug-likeness (QED) is 0.197. The van der Waals surface area contributed by atoms with Gasteiger partial charge in [-0.15, -0.1) is 11.3 Å². The number of thioether (sulfide) groups is 1. The van der Waals surface area contributed by atoms with Gasteiger partial charge < -0.3 is 0 Å². The van der Waals surface area contributed by atoms with E-state index in [0.29, 0.717) is 15.3 Å². The molecular formula is C22H15N3O4S4. The number of nitro groups is 1. The van der Waals surface area contributed by atoms with Crippen molar-refractivity contribution in [1.29, 1.82) is 0 Å². The van der Waals surface area contributed by atoms with Crippen LogP contribution in [0.5, 0.6) is 0 Å². The molecule has 1 fully saturated rings. The third-order valence-corrected chi connectivity index (χ3v) is 7.72. The summed E-state index contributed by atoms with van der Waals surface area (Å²) >= 11 is 8.80. The molecular weight excluding hydrogens is 499 g/mol. The number of nitrogens with one attached hydrogen (secondary N) is 1. The van der Waals surface area contributed by atoms with E-state index >= 15 is 0 Å². The number of amides is 2. The second-order valence-electron chi connectivity index (χ2n) is 6.83. The number of aryl methyl sites for hydroxylation is 1. The first-order chi connectivity index (χ1) is 15.8. The molecule has 7 nitrogen and oxygen atoms in total. The average molecular weight is 514 g/mol. The summed E-state index contributed by atoms with van der Waals surface area (Å²) in [5.74, 6) is -0.925. The Hall–Kier alpha value is -2.99. The highest BCUT2D eigenvalue weighted by Gasteiger charge is 2.34. The molecule has 1 saturated heterocycles. The summed E-state index contributed by atoms with van der Waals surface area (Å²) in [4.78, 5) is 38.4. The first kappa shape index (κ1) is 23.2. The number of hydrogen-bond acceptors (Lipinski definition) is 8. The van der Waals surface area contributed by atoms with Crippen molar-refractivity contribution in [3.05, 3.63) is 91.0 Å². The first-order valence-corrected chi connectivity index (χ1v) is 12.4. The molecule has 0 atom stereocenters. The molecule has 0 unspecified atom stereocenters. The summed E-state index contributed by atoms with van der Waals surface area (Å²) in [6.45, 7) is 1.97. The van der Waals surface area contributed by atoms with E-state index in [2.05, 4.69) is 5.43 Å². The van der Waals surface area contributed by atoms with E-state index in [-0.39, 0.29) is 14.9 Å². The molecule has 33 heavy (non-hydrogen) atoms. The van der Waals surface area contributed by atoms with Crippen molar-refractivity contribution < 1.29 is 14.5 Å². The van der Waals surface area contributed by atoms with Crippen molar-refractivity contribution in [2.24, 2.45) is 0 Å². The summed E-state index contributed by atoms with van der Waals surface area (Å²) in [6, 6.07) is 15.9. The lowest BCUT2D eigenvalue weighted by atomic mass is 10.2. The molecule has 1 aromatic heterocycles. The van der Waals surface area contributed by atoms with Gasteiger partial charge >= 0.3 is 0 Å². The molecule has 1 aliphatic rings. The molecule has 0 saturated carbocycles. The van der Waals surface area contributed by atoms with Crippen LogP contribution in [0, 0.1) is 17.0 Å². The highest BCUT2D eigenvalue weighted by atomic mass is 32.2. The van der Waals surface area contributed by atoms with Crippen molar-refractivity contribution in [2.45, 2.75) is 16.7 Å². The van der Waals surface area contributed by atoms with Crippen molar-refractivity contribution >= 4 is 75.0 Å². The average Bonchev–Trinajstić information content (AvgIpc) is 3.41. The van der Waals surface area contributed by atoms with Gasteiger partial charge in [-0.3, -0.25) is 25.1 Å². The molecule has 1 aliphatic heterocycles. The number of hydrazine groups is 1. The molecule has 4 rings (SSSR count). The molecule has 0 bridgehead atoms. The number of thiophene rings is 1. The zero-order valence-corrected chi connectivity index (χ0v) is 20.3. The number of carbonyl (C=O) groups is 2. The normalized spacial score (nSPS) is 14.7. The van der Waals surface area contributed by atoms with Crippen LogP contribution < -0.4 is 5.43 Å². The highest BCUT2D eigenvalue weighted by molar-refractivity contribution is 8.26. The zero-order chi connectivity index (χ0) is 23.5. The molecule has 0 spiro atoms. The number of hydrogen-bond donors (Lipinski definition) is 1. The van der Waals surface area contributed by atoms with Gasteiger partial charge in [-0.1, -0.05) is 53.4 Å². The lowest BCUT2D eigenvalue weighted by molar-refractivity contribution is -0.387. The molecule has 11 heteroatoms. The van der Waals surface area contributed by atoms with Gasteiger partial charge in [-0.2, -0.15) is 5.01 Å². The van der Waals surface area contributed by atoms with E-state index in [0.717, 1.165) is 27.2 Å². The number of carbonyl (C=O) groups excluding carboxylic acids is 2. The van der Waals surface area contributed by atoms with Crippen LogP contribution in [0.1, 0.15) is 20.8 Å². The van der Waals surface area contributed by atoms with Gasteiger partial charge in [-0.05, 0) is 60.4 Å². The topological polar surface area (TPSA) is 92.6 Å². The van der Waals surface area contributed by atoms with Crippen LogP contribution in [0.4, 0.5) is 5.69 Å². The fourth-order valence-electron chi connectivity index (χ4n) is 2.87. The Morgan fingerprint density at radius 2 is 1.97 bits per heavy atom. The predicted octanol–water partition coefficient (Wildman–Crippen LogP) is 5.66. The van der Waals surface area contributed by atoms with E-state index in [1.54, 1.807) is 29.6 Å². The van der Waals surface area contributed by atoms with Crippen LogP contribution in [0.3, 0.4) is 0 Å². The van der Waals surface area contributed by atoms with Gasteiger partial charge in [0, 0.05) is 11.0 Å². The summed E-state index contributed by atoms with van der Waals surface area (Å²) in [7, 11) is 0. The number of rotatable bonds is 6. The number of nitro benzene ring substituents is 1. The Kier molecular flexibility index (Phi) is 6.94. The molecule has 3 aromatic rings. The van der Waals surface area contributed by atoms with E-state index in [9.17, 15) is 19.7 Å². The molecule has 1 N–H and O–H groups in total. The van der Waals surface area contributed by atoms with Crippen molar-refractivity contribution in [1.82, 2.24) is 10.4 Å². The van der Waals surface area contributed by atoms with Gasteiger partial charge in [0.05, 0.1) is 19.6 Å². The van der Waals surface area contributed by atoms with E-state index in [1.807, 2.05) is 31.2 Å².